The summed E-state index contributed by atoms with van der Waals surface area (Å²) in [7, 11) is 0. The predicted molar refractivity (Wildman–Crippen MR) is 362 cm³/mol. The number of nitrogens with zero attached hydrogens (tertiary/aromatic N) is 2. The standard InChI is InChI=1S/C78H58N2O2S2/c1-77(2,3)51-25-29-53(30-26-51)79(75-57(47-17-9-7-10-18-47)37-39-71-73(75)61-21-13-15-23-69(61)83-71)55-33-35-59-63-41-49-44-66-64(42-50(49)43-65(63)81-67(59)45-55)60-36-34-56(46-68(60)82-66)80(54-31-27-52(28-32-54)78(4,5)6)76-58(48-19-11-8-12-20-48)38-40-72-74(76)62-22-14-16-24-70(62)84-72/h7-46H,1-6H3. The average molecular weight is 1120 g/mol. The van der Waals surface area contributed by atoms with Crippen LogP contribution in [-0.2, 0) is 10.8 Å². The molecule has 84 heavy (non-hydrogen) atoms. The molecule has 0 atom stereocenters. The van der Waals surface area contributed by atoms with Crippen molar-refractivity contribution in [1.29, 1.82) is 0 Å². The SMILES string of the molecule is CC(C)(C)c1ccc(N(c2ccc3c(c2)oc2cc4cc5c(cc4cc23)oc2cc(N(c3ccc(C(C)(C)C)cc3)c3c(-c4ccccc4)ccc4sc6ccccc6c34)ccc25)c2c(-c3ccccc3)ccc3sc4ccccc4c23)cc1. The number of hydrogen-bond donors (Lipinski definition) is 0. The van der Waals surface area contributed by atoms with Crippen LogP contribution in [0.3, 0.4) is 0 Å². The van der Waals surface area contributed by atoms with Crippen molar-refractivity contribution in [2.45, 2.75) is 52.4 Å². The molecule has 0 aliphatic carbocycles. The van der Waals surface area contributed by atoms with Crippen molar-refractivity contribution < 1.29 is 8.83 Å². The second-order valence-corrected chi connectivity index (χ2v) is 26.6. The molecule has 0 unspecified atom stereocenters. The number of thiophene rings is 2. The van der Waals surface area contributed by atoms with Crippen LogP contribution in [0.1, 0.15) is 52.7 Å². The maximum atomic E-state index is 7.02. The van der Waals surface area contributed by atoms with Gasteiger partial charge in [0.05, 0.1) is 11.4 Å². The van der Waals surface area contributed by atoms with Crippen LogP contribution in [0.5, 0.6) is 0 Å². The molecule has 16 rings (SSSR count). The number of fused-ring (bicyclic) bond motifs is 13. The summed E-state index contributed by atoms with van der Waals surface area (Å²) in [4.78, 5) is 4.91. The normalized spacial score (nSPS) is 12.4. The molecule has 0 aliphatic heterocycles. The Morgan fingerprint density at radius 2 is 0.667 bits per heavy atom. The fourth-order valence-corrected chi connectivity index (χ4v) is 15.1. The van der Waals surface area contributed by atoms with E-state index in [4.69, 9.17) is 8.83 Å². The molecule has 0 saturated carbocycles. The maximum Gasteiger partial charge on any atom is 0.137 e. The van der Waals surface area contributed by atoms with Crippen molar-refractivity contribution in [3.63, 3.8) is 0 Å². The van der Waals surface area contributed by atoms with Crippen LogP contribution in [0.15, 0.2) is 251 Å². The van der Waals surface area contributed by atoms with E-state index in [1.54, 1.807) is 0 Å². The van der Waals surface area contributed by atoms with E-state index in [0.29, 0.717) is 0 Å². The molecule has 0 fully saturated rings. The Balaban J connectivity index is 0.848. The molecule has 0 amide bonds. The first-order valence-electron chi connectivity index (χ1n) is 29.0. The van der Waals surface area contributed by atoms with Gasteiger partial charge in [-0.3, -0.25) is 0 Å². The van der Waals surface area contributed by atoms with Gasteiger partial charge in [0, 0.05) is 108 Å². The van der Waals surface area contributed by atoms with Gasteiger partial charge in [-0.15, -0.1) is 22.7 Å². The lowest BCUT2D eigenvalue weighted by Gasteiger charge is -2.30. The van der Waals surface area contributed by atoms with Gasteiger partial charge in [0.2, 0.25) is 0 Å². The Morgan fingerprint density at radius 3 is 1.07 bits per heavy atom. The van der Waals surface area contributed by atoms with E-state index in [1.165, 1.54) is 73.7 Å². The molecular weight excluding hydrogens is 1060 g/mol. The highest BCUT2D eigenvalue weighted by Gasteiger charge is 2.28. The summed E-state index contributed by atoms with van der Waals surface area (Å²) in [6.07, 6.45) is 0. The lowest BCUT2D eigenvalue weighted by Crippen LogP contribution is -2.14. The minimum absolute atomic E-state index is 0.00393. The third kappa shape index (κ3) is 8.22. The molecule has 12 aromatic carbocycles. The zero-order valence-electron chi connectivity index (χ0n) is 47.6. The van der Waals surface area contributed by atoms with Crippen LogP contribution in [0, 0.1) is 0 Å². The van der Waals surface area contributed by atoms with Crippen LogP contribution in [0.2, 0.25) is 0 Å². The van der Waals surface area contributed by atoms with E-state index in [0.717, 1.165) is 88.8 Å². The molecule has 4 aromatic heterocycles. The third-order valence-electron chi connectivity index (χ3n) is 17.1. The van der Waals surface area contributed by atoms with Crippen molar-refractivity contribution in [3.05, 3.63) is 254 Å². The number of anilines is 6. The zero-order chi connectivity index (χ0) is 56.6. The van der Waals surface area contributed by atoms with Gasteiger partial charge in [0.25, 0.3) is 0 Å². The monoisotopic (exact) mass is 1120 g/mol. The van der Waals surface area contributed by atoms with E-state index in [9.17, 15) is 0 Å². The molecule has 0 spiro atoms. The van der Waals surface area contributed by atoms with Crippen LogP contribution in [0.25, 0.3) is 117 Å². The average Bonchev–Trinajstić information content (AvgIpc) is 3.19. The Hall–Kier alpha value is -9.46. The lowest BCUT2D eigenvalue weighted by atomic mass is 9.87. The summed E-state index contributed by atoms with van der Waals surface area (Å²) in [5, 5.41) is 11.4. The van der Waals surface area contributed by atoms with Crippen LogP contribution in [-0.4, -0.2) is 0 Å². The van der Waals surface area contributed by atoms with Gasteiger partial charge in [-0.25, -0.2) is 0 Å². The predicted octanol–water partition coefficient (Wildman–Crippen LogP) is 24.2. The Labute approximate surface area is 495 Å². The van der Waals surface area contributed by atoms with Crippen molar-refractivity contribution in [2.75, 3.05) is 9.80 Å². The molecule has 0 aliphatic rings. The topological polar surface area (TPSA) is 32.8 Å². The lowest BCUT2D eigenvalue weighted by molar-refractivity contribution is 0.590. The Kier molecular flexibility index (Phi) is 11.4. The zero-order valence-corrected chi connectivity index (χ0v) is 49.3. The summed E-state index contributed by atoms with van der Waals surface area (Å²) in [5.74, 6) is 0. The summed E-state index contributed by atoms with van der Waals surface area (Å²) >= 11 is 3.70. The first kappa shape index (κ1) is 50.3. The van der Waals surface area contributed by atoms with E-state index < -0.39 is 0 Å². The summed E-state index contributed by atoms with van der Waals surface area (Å²) in [6, 6.07) is 89.3. The molecule has 0 saturated heterocycles. The minimum atomic E-state index is 0.00393. The Bertz CT molecular complexity index is 4930. The Morgan fingerprint density at radius 1 is 0.298 bits per heavy atom. The van der Waals surface area contributed by atoms with Crippen LogP contribution >= 0.6 is 22.7 Å². The highest BCUT2D eigenvalue weighted by atomic mass is 32.1. The first-order chi connectivity index (χ1) is 40.9. The number of rotatable bonds is 8. The molecule has 404 valence electrons. The maximum absolute atomic E-state index is 7.02. The molecule has 0 N–H and O–H groups in total. The molecule has 4 heterocycles. The second-order valence-electron chi connectivity index (χ2n) is 24.5. The van der Waals surface area contributed by atoms with Crippen LogP contribution in [0.4, 0.5) is 34.1 Å². The summed E-state index contributed by atoms with van der Waals surface area (Å²) in [5.41, 5.74) is 17.1. The third-order valence-corrected chi connectivity index (χ3v) is 19.4. The van der Waals surface area contributed by atoms with Crippen molar-refractivity contribution in [2.24, 2.45) is 0 Å². The van der Waals surface area contributed by atoms with Gasteiger partial charge < -0.3 is 18.6 Å². The van der Waals surface area contributed by atoms with Gasteiger partial charge in [-0.2, -0.15) is 0 Å². The van der Waals surface area contributed by atoms with Crippen molar-refractivity contribution >= 4 is 152 Å². The van der Waals surface area contributed by atoms with Gasteiger partial charge in [-0.1, -0.05) is 175 Å². The summed E-state index contributed by atoms with van der Waals surface area (Å²) in [6.45, 7) is 13.7. The van der Waals surface area contributed by atoms with Crippen molar-refractivity contribution in [1.82, 2.24) is 0 Å². The fraction of sp³-hybridized carbons (Fsp3) is 0.103. The molecule has 16 aromatic rings. The van der Waals surface area contributed by atoms with Gasteiger partial charge in [0.15, 0.2) is 0 Å². The van der Waals surface area contributed by atoms with Crippen molar-refractivity contribution in [3.8, 4) is 22.3 Å². The van der Waals surface area contributed by atoms with E-state index in [2.05, 4.69) is 294 Å². The molecule has 0 radical (unpaired) electrons. The smallest absolute Gasteiger partial charge is 0.137 e. The largest absolute Gasteiger partial charge is 0.456 e. The summed E-state index contributed by atoms with van der Waals surface area (Å²) < 4.78 is 19.1. The van der Waals surface area contributed by atoms with E-state index in [1.807, 2.05) is 22.7 Å². The first-order valence-corrected chi connectivity index (χ1v) is 30.6. The highest BCUT2D eigenvalue weighted by molar-refractivity contribution is 7.26. The molecule has 6 heteroatoms. The molecular formula is C78H58N2O2S2. The minimum Gasteiger partial charge on any atom is -0.456 e. The van der Waals surface area contributed by atoms with Gasteiger partial charge in [0.1, 0.15) is 22.3 Å². The molecule has 4 nitrogen and oxygen atoms in total. The van der Waals surface area contributed by atoms with E-state index >= 15 is 0 Å². The van der Waals surface area contributed by atoms with Gasteiger partial charge in [-0.05, 0) is 141 Å². The van der Waals surface area contributed by atoms with Crippen LogP contribution < -0.4 is 9.80 Å². The number of hydrogen-bond acceptors (Lipinski definition) is 6. The highest BCUT2D eigenvalue weighted by Crippen LogP contribution is 2.53. The second kappa shape index (κ2) is 19.0. The fourth-order valence-electron chi connectivity index (χ4n) is 12.8. The number of furan rings is 2. The number of benzene rings is 12. The van der Waals surface area contributed by atoms with Gasteiger partial charge >= 0.3 is 0 Å². The van der Waals surface area contributed by atoms with E-state index in [-0.39, 0.29) is 10.8 Å². The molecule has 0 bridgehead atoms. The quantitative estimate of drug-likeness (QED) is 0.152.